The number of carbonyl (C=O) groups is 1. The Morgan fingerprint density at radius 1 is 1.32 bits per heavy atom. The van der Waals surface area contributed by atoms with Crippen LogP contribution in [0.15, 0.2) is 29.4 Å². The van der Waals surface area contributed by atoms with E-state index in [1.165, 1.54) is 11.8 Å². The van der Waals surface area contributed by atoms with Crippen LogP contribution in [0.4, 0.5) is 0 Å². The predicted octanol–water partition coefficient (Wildman–Crippen LogP) is 2.11. The zero-order chi connectivity index (χ0) is 15.8. The number of tetrazole rings is 1. The van der Waals surface area contributed by atoms with Gasteiger partial charge in [0.15, 0.2) is 0 Å². The fourth-order valence-corrected chi connectivity index (χ4v) is 2.34. The van der Waals surface area contributed by atoms with E-state index in [1.54, 1.807) is 11.8 Å². The number of nitrogens with zero attached hydrogens (tertiary/aromatic N) is 4. The third-order valence-electron chi connectivity index (χ3n) is 2.84. The Bertz CT molecular complexity index is 600. The summed E-state index contributed by atoms with van der Waals surface area (Å²) >= 11 is 1.25. The van der Waals surface area contributed by atoms with Crippen LogP contribution in [-0.4, -0.2) is 45.6 Å². The maximum atomic E-state index is 11.6. The van der Waals surface area contributed by atoms with Gasteiger partial charge >= 0.3 is 5.97 Å². The van der Waals surface area contributed by atoms with E-state index in [0.717, 1.165) is 24.3 Å². The number of hydrogen-bond donors (Lipinski definition) is 0. The molecule has 0 saturated carbocycles. The van der Waals surface area contributed by atoms with Gasteiger partial charge in [-0.3, -0.25) is 4.79 Å². The van der Waals surface area contributed by atoms with Crippen LogP contribution in [0, 0.1) is 0 Å². The number of benzene rings is 1. The van der Waals surface area contributed by atoms with Crippen molar-refractivity contribution in [3.8, 4) is 11.4 Å². The molecule has 1 aromatic heterocycles. The van der Waals surface area contributed by atoms with E-state index >= 15 is 0 Å². The van der Waals surface area contributed by atoms with Crippen molar-refractivity contribution in [1.82, 2.24) is 20.2 Å². The molecule has 0 aliphatic heterocycles. The van der Waals surface area contributed by atoms with Gasteiger partial charge in [-0.25, -0.2) is 0 Å². The first kappa shape index (κ1) is 16.3. The first-order valence-electron chi connectivity index (χ1n) is 6.95. The second-order valence-electron chi connectivity index (χ2n) is 4.43. The SMILES string of the molecule is CCCCOC(=O)CSc1nnnn1-c1ccc(OC)cc1. The maximum absolute atomic E-state index is 11.6. The van der Waals surface area contributed by atoms with Crippen LogP contribution in [0.5, 0.6) is 5.75 Å². The molecule has 0 unspecified atom stereocenters. The first-order chi connectivity index (χ1) is 10.7. The number of hydrogen-bond acceptors (Lipinski definition) is 7. The Morgan fingerprint density at radius 3 is 2.77 bits per heavy atom. The third kappa shape index (κ3) is 4.45. The van der Waals surface area contributed by atoms with E-state index in [0.29, 0.717) is 11.8 Å². The van der Waals surface area contributed by atoms with Crippen LogP contribution >= 0.6 is 11.8 Å². The number of carbonyl (C=O) groups excluding carboxylic acids is 1. The largest absolute Gasteiger partial charge is 0.497 e. The zero-order valence-corrected chi connectivity index (χ0v) is 13.4. The molecule has 0 aliphatic carbocycles. The van der Waals surface area contributed by atoms with Gasteiger partial charge in [-0.1, -0.05) is 25.1 Å². The normalized spacial score (nSPS) is 10.5. The molecule has 0 atom stereocenters. The molecule has 22 heavy (non-hydrogen) atoms. The Morgan fingerprint density at radius 2 is 2.09 bits per heavy atom. The zero-order valence-electron chi connectivity index (χ0n) is 12.6. The van der Waals surface area contributed by atoms with E-state index in [1.807, 2.05) is 31.2 Å². The topological polar surface area (TPSA) is 79.1 Å². The van der Waals surface area contributed by atoms with Gasteiger partial charge in [-0.2, -0.15) is 4.68 Å². The average molecular weight is 322 g/mol. The summed E-state index contributed by atoms with van der Waals surface area (Å²) in [6.45, 7) is 2.50. The van der Waals surface area contributed by atoms with E-state index in [4.69, 9.17) is 9.47 Å². The summed E-state index contributed by atoms with van der Waals surface area (Å²) in [6, 6.07) is 7.34. The van der Waals surface area contributed by atoms with E-state index in [-0.39, 0.29) is 11.7 Å². The van der Waals surface area contributed by atoms with E-state index < -0.39 is 0 Å². The van der Waals surface area contributed by atoms with E-state index in [2.05, 4.69) is 15.5 Å². The van der Waals surface area contributed by atoms with Crippen molar-refractivity contribution in [3.63, 3.8) is 0 Å². The molecule has 1 aromatic carbocycles. The fraction of sp³-hybridized carbons (Fsp3) is 0.429. The molecule has 0 aliphatic rings. The Hall–Kier alpha value is -2.09. The summed E-state index contributed by atoms with van der Waals surface area (Å²) in [5, 5.41) is 12.1. The summed E-state index contributed by atoms with van der Waals surface area (Å²) in [4.78, 5) is 11.6. The van der Waals surface area contributed by atoms with Gasteiger partial charge in [0.05, 0.1) is 25.2 Å². The minimum absolute atomic E-state index is 0.181. The van der Waals surface area contributed by atoms with Crippen molar-refractivity contribution in [1.29, 1.82) is 0 Å². The highest BCUT2D eigenvalue weighted by Crippen LogP contribution is 2.20. The smallest absolute Gasteiger partial charge is 0.316 e. The second kappa shape index (κ2) is 8.38. The molecular weight excluding hydrogens is 304 g/mol. The van der Waals surface area contributed by atoms with Crippen LogP contribution in [0.1, 0.15) is 19.8 Å². The fourth-order valence-electron chi connectivity index (χ4n) is 1.65. The van der Waals surface area contributed by atoms with Gasteiger partial charge in [-0.05, 0) is 41.1 Å². The van der Waals surface area contributed by atoms with Crippen LogP contribution < -0.4 is 4.74 Å². The van der Waals surface area contributed by atoms with Gasteiger partial charge < -0.3 is 9.47 Å². The molecule has 0 bridgehead atoms. The van der Waals surface area contributed by atoms with Gasteiger partial charge in [0.25, 0.3) is 0 Å². The van der Waals surface area contributed by atoms with Crippen molar-refractivity contribution in [2.24, 2.45) is 0 Å². The van der Waals surface area contributed by atoms with Gasteiger partial charge in [0.1, 0.15) is 5.75 Å². The van der Waals surface area contributed by atoms with Crippen molar-refractivity contribution >= 4 is 17.7 Å². The molecule has 2 rings (SSSR count). The minimum atomic E-state index is -0.261. The molecular formula is C14H18N4O3S. The van der Waals surface area contributed by atoms with Gasteiger partial charge in [0, 0.05) is 0 Å². The van der Waals surface area contributed by atoms with Crippen LogP contribution in [0.3, 0.4) is 0 Å². The number of ether oxygens (including phenoxy) is 2. The van der Waals surface area contributed by atoms with Gasteiger partial charge in [0.2, 0.25) is 5.16 Å². The number of esters is 1. The van der Waals surface area contributed by atoms with Crippen LogP contribution in [0.25, 0.3) is 5.69 Å². The van der Waals surface area contributed by atoms with Crippen molar-refractivity contribution in [2.45, 2.75) is 24.9 Å². The lowest BCUT2D eigenvalue weighted by Gasteiger charge is -2.06. The molecule has 0 radical (unpaired) electrons. The van der Waals surface area contributed by atoms with Crippen molar-refractivity contribution < 1.29 is 14.3 Å². The molecule has 118 valence electrons. The van der Waals surface area contributed by atoms with E-state index in [9.17, 15) is 4.79 Å². The molecule has 1 heterocycles. The van der Waals surface area contributed by atoms with Gasteiger partial charge in [-0.15, -0.1) is 5.10 Å². The number of thioether (sulfide) groups is 1. The quantitative estimate of drug-likeness (QED) is 0.418. The first-order valence-corrected chi connectivity index (χ1v) is 7.94. The highest BCUT2D eigenvalue weighted by atomic mass is 32.2. The molecule has 0 saturated heterocycles. The lowest BCUT2D eigenvalue weighted by molar-refractivity contribution is -0.140. The molecule has 0 spiro atoms. The summed E-state index contributed by atoms with van der Waals surface area (Å²) < 4.78 is 11.8. The average Bonchev–Trinajstić information content (AvgIpc) is 3.02. The van der Waals surface area contributed by atoms with Crippen molar-refractivity contribution in [3.05, 3.63) is 24.3 Å². The molecule has 8 heteroatoms. The lowest BCUT2D eigenvalue weighted by atomic mass is 10.3. The highest BCUT2D eigenvalue weighted by molar-refractivity contribution is 7.99. The van der Waals surface area contributed by atoms with Crippen molar-refractivity contribution in [2.75, 3.05) is 19.5 Å². The third-order valence-corrected chi connectivity index (χ3v) is 3.73. The van der Waals surface area contributed by atoms with Crippen LogP contribution in [-0.2, 0) is 9.53 Å². The number of unbranched alkanes of at least 4 members (excludes halogenated alkanes) is 1. The predicted molar refractivity (Wildman–Crippen MR) is 82.3 cm³/mol. The Kier molecular flexibility index (Phi) is 6.20. The lowest BCUT2D eigenvalue weighted by Crippen LogP contribution is -2.09. The summed E-state index contributed by atoms with van der Waals surface area (Å²) in [6.07, 6.45) is 1.87. The Labute approximate surface area is 133 Å². The Balaban J connectivity index is 1.95. The minimum Gasteiger partial charge on any atom is -0.497 e. The standard InChI is InChI=1S/C14H18N4O3S/c1-3-4-9-21-13(19)10-22-14-15-16-17-18(14)11-5-7-12(20-2)8-6-11/h5-8H,3-4,9-10H2,1-2H3. The molecule has 0 fully saturated rings. The maximum Gasteiger partial charge on any atom is 0.316 e. The monoisotopic (exact) mass is 322 g/mol. The van der Waals surface area contributed by atoms with Crippen LogP contribution in [0.2, 0.25) is 0 Å². The summed E-state index contributed by atoms with van der Waals surface area (Å²) in [7, 11) is 1.61. The molecule has 0 N–H and O–H groups in total. The molecule has 2 aromatic rings. The second-order valence-corrected chi connectivity index (χ2v) is 5.38. The molecule has 7 nitrogen and oxygen atoms in total. The molecule has 0 amide bonds. The summed E-state index contributed by atoms with van der Waals surface area (Å²) in [5.41, 5.74) is 0.799. The highest BCUT2D eigenvalue weighted by Gasteiger charge is 2.12. The number of methoxy groups -OCH3 is 1. The summed E-state index contributed by atoms with van der Waals surface area (Å²) in [5.74, 6) is 0.675. The number of rotatable bonds is 8. The number of aromatic nitrogens is 4.